The fraction of sp³-hybridized carbons (Fsp3) is 0.429. The Morgan fingerprint density at radius 3 is 2.45 bits per heavy atom. The first-order valence-corrected chi connectivity index (χ1v) is 8.09. The lowest BCUT2D eigenvalue weighted by atomic mass is 10.1. The molecule has 0 fully saturated rings. The maximum Gasteiger partial charge on any atom is 0.337 e. The standard InChI is InChI=1S/C14H19NO6S/c1-9(2)7-12(13(16)17)15-22(19,20)11-6-4-5-10(8-11)14(18)21-3/h4-6,8-9,12,15H,7H2,1-3H3,(H,16,17). The van der Waals surface area contributed by atoms with Crippen molar-refractivity contribution in [2.45, 2.75) is 31.2 Å². The lowest BCUT2D eigenvalue weighted by Crippen LogP contribution is -2.41. The molecule has 0 spiro atoms. The van der Waals surface area contributed by atoms with E-state index < -0.39 is 28.0 Å². The van der Waals surface area contributed by atoms with Gasteiger partial charge in [0.25, 0.3) is 0 Å². The smallest absolute Gasteiger partial charge is 0.337 e. The van der Waals surface area contributed by atoms with Crippen LogP contribution in [0.1, 0.15) is 30.6 Å². The third kappa shape index (κ3) is 4.81. The van der Waals surface area contributed by atoms with Gasteiger partial charge in [-0.05, 0) is 30.5 Å². The number of sulfonamides is 1. The van der Waals surface area contributed by atoms with Crippen molar-refractivity contribution in [3.63, 3.8) is 0 Å². The van der Waals surface area contributed by atoms with Crippen LogP contribution < -0.4 is 4.72 Å². The van der Waals surface area contributed by atoms with Crippen LogP contribution in [0.5, 0.6) is 0 Å². The van der Waals surface area contributed by atoms with E-state index in [1.165, 1.54) is 25.3 Å². The molecule has 2 N–H and O–H groups in total. The van der Waals surface area contributed by atoms with Crippen molar-refractivity contribution in [2.24, 2.45) is 5.92 Å². The first-order valence-electron chi connectivity index (χ1n) is 6.61. The zero-order chi connectivity index (χ0) is 16.9. The molecule has 0 aliphatic rings. The van der Waals surface area contributed by atoms with Gasteiger partial charge in [-0.15, -0.1) is 0 Å². The minimum Gasteiger partial charge on any atom is -0.480 e. The van der Waals surface area contributed by atoms with E-state index >= 15 is 0 Å². The van der Waals surface area contributed by atoms with Gasteiger partial charge in [0, 0.05) is 0 Å². The number of carbonyl (C=O) groups is 2. The Morgan fingerprint density at radius 2 is 1.95 bits per heavy atom. The Labute approximate surface area is 129 Å². The summed E-state index contributed by atoms with van der Waals surface area (Å²) in [6.45, 7) is 3.59. The first kappa shape index (κ1) is 18.1. The number of rotatable bonds is 7. The minimum absolute atomic E-state index is 0.00482. The molecule has 0 heterocycles. The average Bonchev–Trinajstić information content (AvgIpc) is 2.45. The molecule has 0 aromatic heterocycles. The molecule has 0 saturated carbocycles. The molecule has 0 amide bonds. The van der Waals surface area contributed by atoms with Crippen molar-refractivity contribution < 1.29 is 27.9 Å². The summed E-state index contributed by atoms with van der Waals surface area (Å²) in [7, 11) is -2.87. The lowest BCUT2D eigenvalue weighted by molar-refractivity contribution is -0.139. The van der Waals surface area contributed by atoms with E-state index in [1.807, 2.05) is 0 Å². The van der Waals surface area contributed by atoms with Crippen LogP contribution in [-0.4, -0.2) is 38.6 Å². The average molecular weight is 329 g/mol. The summed E-state index contributed by atoms with van der Waals surface area (Å²) in [6, 6.07) is 3.99. The molecular formula is C14H19NO6S. The van der Waals surface area contributed by atoms with Crippen LogP contribution in [0.25, 0.3) is 0 Å². The van der Waals surface area contributed by atoms with Gasteiger partial charge in [-0.25, -0.2) is 13.2 Å². The molecule has 7 nitrogen and oxygen atoms in total. The van der Waals surface area contributed by atoms with E-state index in [1.54, 1.807) is 13.8 Å². The summed E-state index contributed by atoms with van der Waals surface area (Å²) in [5.74, 6) is -1.92. The van der Waals surface area contributed by atoms with Crippen molar-refractivity contribution >= 4 is 22.0 Å². The van der Waals surface area contributed by atoms with Crippen LogP contribution in [0.2, 0.25) is 0 Å². The number of nitrogens with one attached hydrogen (secondary N) is 1. The summed E-state index contributed by atoms with van der Waals surface area (Å²) >= 11 is 0. The molecule has 1 unspecified atom stereocenters. The number of esters is 1. The minimum atomic E-state index is -4.05. The molecule has 0 aliphatic heterocycles. The van der Waals surface area contributed by atoms with Crippen molar-refractivity contribution in [2.75, 3.05) is 7.11 Å². The van der Waals surface area contributed by atoms with Gasteiger partial charge >= 0.3 is 11.9 Å². The van der Waals surface area contributed by atoms with Gasteiger partial charge in [0.05, 0.1) is 17.6 Å². The molecule has 0 radical (unpaired) electrons. The number of methoxy groups -OCH3 is 1. The Kier molecular flexibility index (Phi) is 6.07. The van der Waals surface area contributed by atoms with Crippen LogP contribution in [0, 0.1) is 5.92 Å². The first-order chi connectivity index (χ1) is 10.2. The predicted octanol–water partition coefficient (Wildman–Crippen LogP) is 1.25. The van der Waals surface area contributed by atoms with Gasteiger partial charge in [0.1, 0.15) is 6.04 Å². The van der Waals surface area contributed by atoms with Crippen LogP contribution >= 0.6 is 0 Å². The molecule has 0 bridgehead atoms. The summed E-state index contributed by atoms with van der Waals surface area (Å²) in [4.78, 5) is 22.4. The summed E-state index contributed by atoms with van der Waals surface area (Å²) in [5.41, 5.74) is 0.0705. The van der Waals surface area contributed by atoms with Crippen LogP contribution in [0.3, 0.4) is 0 Å². The summed E-state index contributed by atoms with van der Waals surface area (Å²) in [5, 5.41) is 9.11. The number of aliphatic carboxylic acids is 1. The van der Waals surface area contributed by atoms with E-state index in [9.17, 15) is 18.0 Å². The maximum absolute atomic E-state index is 12.3. The van der Waals surface area contributed by atoms with E-state index in [2.05, 4.69) is 9.46 Å². The predicted molar refractivity (Wildman–Crippen MR) is 79.0 cm³/mol. The van der Waals surface area contributed by atoms with Crippen molar-refractivity contribution in [3.05, 3.63) is 29.8 Å². The Balaban J connectivity index is 3.08. The Hall–Kier alpha value is -1.93. The highest BCUT2D eigenvalue weighted by atomic mass is 32.2. The molecule has 1 aromatic rings. The fourth-order valence-electron chi connectivity index (χ4n) is 1.83. The van der Waals surface area contributed by atoms with Gasteiger partial charge in [-0.3, -0.25) is 4.79 Å². The van der Waals surface area contributed by atoms with Crippen molar-refractivity contribution in [1.29, 1.82) is 0 Å². The molecule has 0 saturated heterocycles. The normalized spacial score (nSPS) is 12.9. The van der Waals surface area contributed by atoms with E-state index in [4.69, 9.17) is 5.11 Å². The highest BCUT2D eigenvalue weighted by Gasteiger charge is 2.26. The van der Waals surface area contributed by atoms with Gasteiger partial charge in [0.15, 0.2) is 0 Å². The number of carbonyl (C=O) groups excluding carboxylic acids is 1. The van der Waals surface area contributed by atoms with Gasteiger partial charge in [0.2, 0.25) is 10.0 Å². The quantitative estimate of drug-likeness (QED) is 0.729. The van der Waals surface area contributed by atoms with Gasteiger partial charge in [-0.2, -0.15) is 4.72 Å². The second-order valence-corrected chi connectivity index (χ2v) is 6.88. The largest absolute Gasteiger partial charge is 0.480 e. The third-order valence-electron chi connectivity index (χ3n) is 2.87. The molecular weight excluding hydrogens is 310 g/mol. The number of hydrogen-bond acceptors (Lipinski definition) is 5. The topological polar surface area (TPSA) is 110 Å². The number of hydrogen-bond donors (Lipinski definition) is 2. The van der Waals surface area contributed by atoms with E-state index in [-0.39, 0.29) is 22.8 Å². The van der Waals surface area contributed by atoms with Gasteiger partial charge in [-0.1, -0.05) is 19.9 Å². The molecule has 22 heavy (non-hydrogen) atoms. The second kappa shape index (κ2) is 7.37. The summed E-state index contributed by atoms with van der Waals surface area (Å²) < 4.78 is 31.2. The zero-order valence-electron chi connectivity index (χ0n) is 12.6. The van der Waals surface area contributed by atoms with E-state index in [0.29, 0.717) is 0 Å². The maximum atomic E-state index is 12.3. The highest BCUT2D eigenvalue weighted by Crippen LogP contribution is 2.15. The van der Waals surface area contributed by atoms with E-state index in [0.717, 1.165) is 6.07 Å². The summed E-state index contributed by atoms with van der Waals surface area (Å²) in [6.07, 6.45) is 0.158. The fourth-order valence-corrected chi connectivity index (χ4v) is 3.08. The molecule has 122 valence electrons. The molecule has 1 aromatic carbocycles. The number of benzene rings is 1. The van der Waals surface area contributed by atoms with Gasteiger partial charge < -0.3 is 9.84 Å². The molecule has 1 atom stereocenters. The Morgan fingerprint density at radius 1 is 1.32 bits per heavy atom. The van der Waals surface area contributed by atoms with Crippen molar-refractivity contribution in [3.8, 4) is 0 Å². The highest BCUT2D eigenvalue weighted by molar-refractivity contribution is 7.89. The van der Waals surface area contributed by atoms with Crippen molar-refractivity contribution in [1.82, 2.24) is 4.72 Å². The van der Waals surface area contributed by atoms with Crippen LogP contribution in [0.4, 0.5) is 0 Å². The molecule has 8 heteroatoms. The molecule has 0 aliphatic carbocycles. The third-order valence-corrected chi connectivity index (χ3v) is 4.34. The zero-order valence-corrected chi connectivity index (χ0v) is 13.4. The SMILES string of the molecule is COC(=O)c1cccc(S(=O)(=O)NC(CC(C)C)C(=O)O)c1. The Bertz CT molecular complexity index is 653. The molecule has 1 rings (SSSR count). The monoisotopic (exact) mass is 329 g/mol. The second-order valence-electron chi connectivity index (χ2n) is 5.16. The van der Waals surface area contributed by atoms with Crippen LogP contribution in [-0.2, 0) is 19.6 Å². The van der Waals surface area contributed by atoms with Crippen LogP contribution in [0.15, 0.2) is 29.2 Å². The number of carboxylic acids is 1. The number of ether oxygens (including phenoxy) is 1. The number of carboxylic acid groups (broad SMARTS) is 1. The lowest BCUT2D eigenvalue weighted by Gasteiger charge is -2.16.